The number of aromatic nitrogens is 2. The van der Waals surface area contributed by atoms with Crippen LogP contribution in [0, 0.1) is 0 Å². The van der Waals surface area contributed by atoms with Crippen molar-refractivity contribution >= 4 is 33.3 Å². The highest BCUT2D eigenvalue weighted by Crippen LogP contribution is 2.29. The molecule has 2 aromatic rings. The molecule has 1 aromatic heterocycles. The van der Waals surface area contributed by atoms with Gasteiger partial charge in [0.2, 0.25) is 5.88 Å². The van der Waals surface area contributed by atoms with Crippen LogP contribution < -0.4 is 10.1 Å². The van der Waals surface area contributed by atoms with E-state index in [1.807, 2.05) is 24.3 Å². The summed E-state index contributed by atoms with van der Waals surface area (Å²) < 4.78 is 6.43. The first kappa shape index (κ1) is 15.1. The molecule has 0 aliphatic heterocycles. The topological polar surface area (TPSA) is 47.0 Å². The Bertz CT molecular complexity index is 580. The van der Waals surface area contributed by atoms with E-state index in [-0.39, 0.29) is 0 Å². The highest BCUT2D eigenvalue weighted by Gasteiger charge is 2.09. The quantitative estimate of drug-likeness (QED) is 0.838. The molecule has 106 valence electrons. The first-order chi connectivity index (χ1) is 9.70. The van der Waals surface area contributed by atoms with Gasteiger partial charge in [0.05, 0.1) is 0 Å². The van der Waals surface area contributed by atoms with Crippen LogP contribution in [0.25, 0.3) is 0 Å². The van der Waals surface area contributed by atoms with Crippen molar-refractivity contribution in [1.29, 1.82) is 0 Å². The van der Waals surface area contributed by atoms with Crippen LogP contribution in [0.15, 0.2) is 35.1 Å². The van der Waals surface area contributed by atoms with Gasteiger partial charge in [-0.05, 0) is 40.0 Å². The van der Waals surface area contributed by atoms with Gasteiger partial charge in [0.15, 0.2) is 0 Å². The van der Waals surface area contributed by atoms with Crippen LogP contribution in [0.5, 0.6) is 5.88 Å². The Hall–Kier alpha value is -1.33. The molecule has 0 amide bonds. The molecule has 4 nitrogen and oxygen atoms in total. The molecule has 1 heterocycles. The second-order valence-corrected chi connectivity index (χ2v) is 5.42. The number of benzene rings is 1. The van der Waals surface area contributed by atoms with Gasteiger partial charge in [-0.25, -0.2) is 9.97 Å². The zero-order chi connectivity index (χ0) is 14.4. The summed E-state index contributed by atoms with van der Waals surface area (Å²) >= 11 is 9.40. The Morgan fingerprint density at radius 3 is 2.95 bits per heavy atom. The standard InChI is InChI=1S/C14H15BrClN3O/c1-2-6-17-13-12(15)14(19-9-18-13)20-8-10-4-3-5-11(16)7-10/h3-5,7,9H,2,6,8H2,1H3,(H,17,18,19). The molecule has 6 heteroatoms. The van der Waals surface area contributed by atoms with E-state index in [1.54, 1.807) is 0 Å². The summed E-state index contributed by atoms with van der Waals surface area (Å²) in [6, 6.07) is 7.55. The third-order valence-corrected chi connectivity index (χ3v) is 3.51. The zero-order valence-corrected chi connectivity index (χ0v) is 13.4. The number of halogens is 2. The molecule has 0 fully saturated rings. The summed E-state index contributed by atoms with van der Waals surface area (Å²) in [6.07, 6.45) is 2.51. The van der Waals surface area contributed by atoms with E-state index in [0.29, 0.717) is 17.5 Å². The maximum atomic E-state index is 5.94. The van der Waals surface area contributed by atoms with Gasteiger partial charge in [0.1, 0.15) is 23.2 Å². The first-order valence-electron chi connectivity index (χ1n) is 6.32. The second-order valence-electron chi connectivity index (χ2n) is 4.19. The van der Waals surface area contributed by atoms with Crippen LogP contribution in [0.2, 0.25) is 5.02 Å². The Morgan fingerprint density at radius 2 is 2.20 bits per heavy atom. The van der Waals surface area contributed by atoms with Gasteiger partial charge in [0, 0.05) is 11.6 Å². The molecule has 0 aliphatic carbocycles. The number of anilines is 1. The number of nitrogens with zero attached hydrogens (tertiary/aromatic N) is 2. The first-order valence-corrected chi connectivity index (χ1v) is 7.49. The predicted octanol–water partition coefficient (Wildman–Crippen LogP) is 4.29. The Labute approximate surface area is 131 Å². The molecule has 0 saturated heterocycles. The molecule has 0 aliphatic rings. The normalized spacial score (nSPS) is 10.3. The lowest BCUT2D eigenvalue weighted by Gasteiger charge is -2.10. The highest BCUT2D eigenvalue weighted by molar-refractivity contribution is 9.10. The second kappa shape index (κ2) is 7.45. The van der Waals surface area contributed by atoms with Crippen molar-refractivity contribution in [3.05, 3.63) is 45.7 Å². The van der Waals surface area contributed by atoms with Crippen molar-refractivity contribution in [3.8, 4) is 5.88 Å². The number of rotatable bonds is 6. The van der Waals surface area contributed by atoms with Crippen LogP contribution in [0.1, 0.15) is 18.9 Å². The summed E-state index contributed by atoms with van der Waals surface area (Å²) in [5, 5.41) is 3.90. The maximum absolute atomic E-state index is 5.94. The average molecular weight is 357 g/mol. The molecule has 0 bridgehead atoms. The fraction of sp³-hybridized carbons (Fsp3) is 0.286. The van der Waals surface area contributed by atoms with Crippen molar-refractivity contribution in [3.63, 3.8) is 0 Å². The molecule has 0 spiro atoms. The summed E-state index contributed by atoms with van der Waals surface area (Å²) in [7, 11) is 0. The minimum Gasteiger partial charge on any atom is -0.472 e. The number of hydrogen-bond acceptors (Lipinski definition) is 4. The SMILES string of the molecule is CCCNc1ncnc(OCc2cccc(Cl)c2)c1Br. The summed E-state index contributed by atoms with van der Waals surface area (Å²) in [4.78, 5) is 8.31. The molecule has 2 rings (SSSR count). The molecular weight excluding hydrogens is 342 g/mol. The maximum Gasteiger partial charge on any atom is 0.233 e. The van der Waals surface area contributed by atoms with Crippen molar-refractivity contribution < 1.29 is 4.74 Å². The van der Waals surface area contributed by atoms with Gasteiger partial charge in [-0.1, -0.05) is 30.7 Å². The lowest BCUT2D eigenvalue weighted by atomic mass is 10.2. The van der Waals surface area contributed by atoms with E-state index >= 15 is 0 Å². The van der Waals surface area contributed by atoms with Crippen LogP contribution in [-0.4, -0.2) is 16.5 Å². The Balaban J connectivity index is 2.06. The Kier molecular flexibility index (Phi) is 5.61. The van der Waals surface area contributed by atoms with Crippen LogP contribution >= 0.6 is 27.5 Å². The number of ether oxygens (including phenoxy) is 1. The molecule has 0 saturated carbocycles. The van der Waals surface area contributed by atoms with E-state index in [9.17, 15) is 0 Å². The van der Waals surface area contributed by atoms with Crippen molar-refractivity contribution in [2.24, 2.45) is 0 Å². The van der Waals surface area contributed by atoms with Crippen molar-refractivity contribution in [2.75, 3.05) is 11.9 Å². The lowest BCUT2D eigenvalue weighted by molar-refractivity contribution is 0.291. The van der Waals surface area contributed by atoms with E-state index in [0.717, 1.165) is 28.8 Å². The van der Waals surface area contributed by atoms with Crippen LogP contribution in [-0.2, 0) is 6.61 Å². The van der Waals surface area contributed by atoms with Gasteiger partial charge in [-0.15, -0.1) is 0 Å². The van der Waals surface area contributed by atoms with Gasteiger partial charge in [-0.3, -0.25) is 0 Å². The fourth-order valence-electron chi connectivity index (χ4n) is 1.60. The molecule has 20 heavy (non-hydrogen) atoms. The van der Waals surface area contributed by atoms with Crippen molar-refractivity contribution in [2.45, 2.75) is 20.0 Å². The lowest BCUT2D eigenvalue weighted by Crippen LogP contribution is -2.05. The largest absolute Gasteiger partial charge is 0.472 e. The summed E-state index contributed by atoms with van der Waals surface area (Å²) in [5.41, 5.74) is 0.992. The molecule has 0 unspecified atom stereocenters. The van der Waals surface area contributed by atoms with Crippen LogP contribution in [0.3, 0.4) is 0 Å². The highest BCUT2D eigenvalue weighted by atomic mass is 79.9. The zero-order valence-electron chi connectivity index (χ0n) is 11.1. The minimum atomic E-state index is 0.406. The third kappa shape index (κ3) is 4.08. The predicted molar refractivity (Wildman–Crippen MR) is 84.3 cm³/mol. The summed E-state index contributed by atoms with van der Waals surface area (Å²) in [5.74, 6) is 1.25. The minimum absolute atomic E-state index is 0.406. The number of nitrogens with one attached hydrogen (secondary N) is 1. The summed E-state index contributed by atoms with van der Waals surface area (Å²) in [6.45, 7) is 3.35. The van der Waals surface area contributed by atoms with E-state index in [1.165, 1.54) is 6.33 Å². The molecule has 1 aromatic carbocycles. The molecule has 0 radical (unpaired) electrons. The Morgan fingerprint density at radius 1 is 1.35 bits per heavy atom. The van der Waals surface area contributed by atoms with Gasteiger partial charge >= 0.3 is 0 Å². The van der Waals surface area contributed by atoms with Gasteiger partial charge in [-0.2, -0.15) is 0 Å². The van der Waals surface area contributed by atoms with E-state index in [4.69, 9.17) is 16.3 Å². The smallest absolute Gasteiger partial charge is 0.233 e. The van der Waals surface area contributed by atoms with E-state index < -0.39 is 0 Å². The van der Waals surface area contributed by atoms with E-state index in [2.05, 4.69) is 38.1 Å². The van der Waals surface area contributed by atoms with Gasteiger partial charge < -0.3 is 10.1 Å². The molecule has 0 atom stereocenters. The van der Waals surface area contributed by atoms with Crippen LogP contribution in [0.4, 0.5) is 5.82 Å². The third-order valence-electron chi connectivity index (χ3n) is 2.56. The fourth-order valence-corrected chi connectivity index (χ4v) is 2.27. The monoisotopic (exact) mass is 355 g/mol. The van der Waals surface area contributed by atoms with Crippen molar-refractivity contribution in [1.82, 2.24) is 9.97 Å². The molecular formula is C14H15BrClN3O. The average Bonchev–Trinajstić information content (AvgIpc) is 2.45. The van der Waals surface area contributed by atoms with Gasteiger partial charge in [0.25, 0.3) is 0 Å². The molecule has 1 N–H and O–H groups in total. The number of hydrogen-bond donors (Lipinski definition) is 1.